The van der Waals surface area contributed by atoms with E-state index in [0.717, 1.165) is 11.3 Å². The minimum Gasteiger partial charge on any atom is -0.316 e. The van der Waals surface area contributed by atoms with Crippen LogP contribution in [0.15, 0.2) is 115 Å². The molecule has 1 unspecified atom stereocenters. The first kappa shape index (κ1) is 18.6. The maximum absolute atomic E-state index is 5.16. The Balaban J connectivity index is 1.42. The zero-order valence-corrected chi connectivity index (χ0v) is 18.8. The van der Waals surface area contributed by atoms with Crippen LogP contribution in [0.5, 0.6) is 0 Å². The Morgan fingerprint density at radius 1 is 0.455 bits per heavy atom. The molecule has 0 fully saturated rings. The van der Waals surface area contributed by atoms with Crippen molar-refractivity contribution in [2.45, 2.75) is 0 Å². The highest BCUT2D eigenvalue weighted by Crippen LogP contribution is 2.35. The number of aromatic nitrogens is 3. The molecule has 0 spiro atoms. The van der Waals surface area contributed by atoms with E-state index in [9.17, 15) is 0 Å². The van der Waals surface area contributed by atoms with Crippen LogP contribution >= 0.6 is 8.73 Å². The van der Waals surface area contributed by atoms with Crippen molar-refractivity contribution in [1.82, 2.24) is 13.9 Å². The van der Waals surface area contributed by atoms with Crippen molar-refractivity contribution in [3.63, 3.8) is 0 Å². The minimum absolute atomic E-state index is 0.406. The highest BCUT2D eigenvalue weighted by atomic mass is 31.1. The number of rotatable bonds is 3. The number of benzene rings is 4. The molecule has 1 atom stereocenters. The fourth-order valence-corrected chi connectivity index (χ4v) is 6.13. The van der Waals surface area contributed by atoms with Crippen molar-refractivity contribution in [3.05, 3.63) is 115 Å². The van der Waals surface area contributed by atoms with Crippen molar-refractivity contribution in [2.75, 3.05) is 0 Å². The molecule has 0 saturated carbocycles. The maximum Gasteiger partial charge on any atom is 0.138 e. The Bertz CT molecular complexity index is 1700. The lowest BCUT2D eigenvalue weighted by Crippen LogP contribution is -2.08. The van der Waals surface area contributed by atoms with Gasteiger partial charge in [0, 0.05) is 30.3 Å². The van der Waals surface area contributed by atoms with Crippen LogP contribution in [0.4, 0.5) is 0 Å². The van der Waals surface area contributed by atoms with E-state index in [1.165, 1.54) is 43.6 Å². The standard InChI is InChI=1S/C29H20N3P/c1-5-14-24-20(10-1)21-11-2-6-15-25(21)31(24)28-18-9-19-29(30-28)33-32-26-16-7-3-12-22(26)23-13-4-8-17-27(23)32/h1-19,33H. The quantitative estimate of drug-likeness (QED) is 0.269. The molecule has 0 amide bonds. The second-order valence-electron chi connectivity index (χ2n) is 8.23. The molecule has 0 aliphatic rings. The molecular formula is C29H20N3P. The summed E-state index contributed by atoms with van der Waals surface area (Å²) >= 11 is 0. The molecule has 0 aliphatic carbocycles. The Kier molecular flexibility index (Phi) is 4.12. The highest BCUT2D eigenvalue weighted by Gasteiger charge is 2.14. The van der Waals surface area contributed by atoms with E-state index in [0.29, 0.717) is 8.73 Å². The van der Waals surface area contributed by atoms with Crippen molar-refractivity contribution in [1.29, 1.82) is 0 Å². The molecule has 0 N–H and O–H groups in total. The Hall–Kier alpha value is -3.94. The van der Waals surface area contributed by atoms with Gasteiger partial charge < -0.3 is 4.34 Å². The van der Waals surface area contributed by atoms with Crippen molar-refractivity contribution < 1.29 is 0 Å². The van der Waals surface area contributed by atoms with Crippen molar-refractivity contribution in [2.24, 2.45) is 0 Å². The van der Waals surface area contributed by atoms with E-state index in [4.69, 9.17) is 4.98 Å². The summed E-state index contributed by atoms with van der Waals surface area (Å²) in [5.41, 5.74) is 5.94. The van der Waals surface area contributed by atoms with Gasteiger partial charge >= 0.3 is 0 Å². The summed E-state index contributed by atoms with van der Waals surface area (Å²) in [6, 6.07) is 40.8. The third-order valence-electron chi connectivity index (χ3n) is 6.35. The van der Waals surface area contributed by atoms with Gasteiger partial charge in [-0.05, 0) is 36.4 Å². The second kappa shape index (κ2) is 7.30. The molecule has 3 heterocycles. The van der Waals surface area contributed by atoms with Gasteiger partial charge in [-0.15, -0.1) is 0 Å². The van der Waals surface area contributed by atoms with Crippen LogP contribution in [0.25, 0.3) is 49.4 Å². The van der Waals surface area contributed by atoms with Gasteiger partial charge in [0.05, 0.1) is 27.5 Å². The average molecular weight is 441 g/mol. The number of nitrogens with zero attached hydrogens (tertiary/aromatic N) is 3. The Morgan fingerprint density at radius 3 is 1.45 bits per heavy atom. The molecule has 4 aromatic carbocycles. The second-order valence-corrected chi connectivity index (χ2v) is 9.42. The first-order chi connectivity index (χ1) is 16.4. The van der Waals surface area contributed by atoms with Gasteiger partial charge in [0.1, 0.15) is 5.82 Å². The van der Waals surface area contributed by atoms with E-state index in [-0.39, 0.29) is 0 Å². The van der Waals surface area contributed by atoms with E-state index < -0.39 is 0 Å². The fraction of sp³-hybridized carbons (Fsp3) is 0. The van der Waals surface area contributed by atoms with Crippen LogP contribution in [-0.4, -0.2) is 13.9 Å². The largest absolute Gasteiger partial charge is 0.316 e. The topological polar surface area (TPSA) is 22.8 Å². The summed E-state index contributed by atoms with van der Waals surface area (Å²) in [7, 11) is 0.406. The summed E-state index contributed by atoms with van der Waals surface area (Å²) in [5.74, 6) is 0.957. The van der Waals surface area contributed by atoms with E-state index >= 15 is 0 Å². The molecule has 0 aliphatic heterocycles. The molecule has 4 heteroatoms. The molecule has 0 saturated heterocycles. The summed E-state index contributed by atoms with van der Waals surface area (Å²) in [6.07, 6.45) is 0. The van der Waals surface area contributed by atoms with E-state index in [1.54, 1.807) is 0 Å². The lowest BCUT2D eigenvalue weighted by atomic mass is 10.2. The van der Waals surface area contributed by atoms with Gasteiger partial charge in [0.15, 0.2) is 0 Å². The van der Waals surface area contributed by atoms with Crippen LogP contribution < -0.4 is 5.44 Å². The Labute approximate surface area is 192 Å². The highest BCUT2D eigenvalue weighted by molar-refractivity contribution is 7.45. The first-order valence-corrected chi connectivity index (χ1v) is 12.0. The predicted molar refractivity (Wildman–Crippen MR) is 141 cm³/mol. The van der Waals surface area contributed by atoms with Crippen molar-refractivity contribution in [3.8, 4) is 5.82 Å². The number of hydrogen-bond donors (Lipinski definition) is 0. The number of para-hydroxylation sites is 4. The number of fused-ring (bicyclic) bond motifs is 6. The molecule has 7 aromatic rings. The third-order valence-corrected chi connectivity index (χ3v) is 7.56. The van der Waals surface area contributed by atoms with Gasteiger partial charge in [0.2, 0.25) is 0 Å². The molecule has 3 nitrogen and oxygen atoms in total. The summed E-state index contributed by atoms with van der Waals surface area (Å²) in [5, 5.41) is 5.09. The van der Waals surface area contributed by atoms with E-state index in [1.807, 2.05) is 0 Å². The van der Waals surface area contributed by atoms with Crippen LogP contribution in [0.3, 0.4) is 0 Å². The molecule has 3 aromatic heterocycles. The Morgan fingerprint density at radius 2 is 0.909 bits per heavy atom. The van der Waals surface area contributed by atoms with Crippen LogP contribution in [0.2, 0.25) is 0 Å². The first-order valence-electron chi connectivity index (χ1n) is 11.1. The average Bonchev–Trinajstić information content (AvgIpc) is 3.38. The van der Waals surface area contributed by atoms with Crippen LogP contribution in [0.1, 0.15) is 0 Å². The zero-order valence-electron chi connectivity index (χ0n) is 17.8. The molecular weight excluding hydrogens is 421 g/mol. The lowest BCUT2D eigenvalue weighted by Gasteiger charge is -2.11. The van der Waals surface area contributed by atoms with Gasteiger partial charge in [0.25, 0.3) is 0 Å². The summed E-state index contributed by atoms with van der Waals surface area (Å²) in [4.78, 5) is 5.16. The van der Waals surface area contributed by atoms with Crippen LogP contribution in [0, 0.1) is 0 Å². The molecule has 0 bridgehead atoms. The van der Waals surface area contributed by atoms with Crippen molar-refractivity contribution >= 4 is 57.8 Å². The summed E-state index contributed by atoms with van der Waals surface area (Å²) in [6.45, 7) is 0. The van der Waals surface area contributed by atoms with Crippen LogP contribution in [-0.2, 0) is 0 Å². The molecule has 33 heavy (non-hydrogen) atoms. The van der Waals surface area contributed by atoms with Gasteiger partial charge in [-0.3, -0.25) is 4.57 Å². The normalized spacial score (nSPS) is 12.1. The summed E-state index contributed by atoms with van der Waals surface area (Å²) < 4.78 is 4.69. The SMILES string of the molecule is c1cc(Pn2c3ccccc3c3ccccc32)nc(-n2c3ccccc3c3ccccc32)c1. The number of hydrogen-bond acceptors (Lipinski definition) is 1. The maximum atomic E-state index is 5.16. The molecule has 156 valence electrons. The smallest absolute Gasteiger partial charge is 0.138 e. The fourth-order valence-electron chi connectivity index (χ4n) is 4.94. The molecule has 0 radical (unpaired) electrons. The van der Waals surface area contributed by atoms with Gasteiger partial charge in [-0.1, -0.05) is 78.9 Å². The van der Waals surface area contributed by atoms with E-state index in [2.05, 4.69) is 124 Å². The minimum atomic E-state index is 0.406. The molecule has 7 rings (SSSR count). The number of pyridine rings is 1. The lowest BCUT2D eigenvalue weighted by molar-refractivity contribution is 1.09. The van der Waals surface area contributed by atoms with Gasteiger partial charge in [-0.25, -0.2) is 4.98 Å². The zero-order chi connectivity index (χ0) is 21.8. The van der Waals surface area contributed by atoms with Gasteiger partial charge in [-0.2, -0.15) is 0 Å². The predicted octanol–water partition coefficient (Wildman–Crippen LogP) is 7.05. The third kappa shape index (κ3) is 2.83. The monoisotopic (exact) mass is 441 g/mol.